The zero-order chi connectivity index (χ0) is 21.5. The normalized spacial score (nSPS) is 16.7. The molecule has 0 aliphatic carbocycles. The molecule has 8 heteroatoms. The van der Waals surface area contributed by atoms with E-state index in [0.717, 1.165) is 16.5 Å². The zero-order valence-electron chi connectivity index (χ0n) is 17.7. The molecule has 5 rings (SSSR count). The van der Waals surface area contributed by atoms with Crippen LogP contribution in [0.25, 0.3) is 22.3 Å². The summed E-state index contributed by atoms with van der Waals surface area (Å²) >= 11 is 0. The summed E-state index contributed by atoms with van der Waals surface area (Å²) in [5.74, 6) is 0.792. The number of aryl methyl sites for hydroxylation is 2. The number of hydrogen-bond acceptors (Lipinski definition) is 6. The second-order valence-electron chi connectivity index (χ2n) is 7.81. The monoisotopic (exact) mass is 417 g/mol. The largest absolute Gasteiger partial charge is 0.365 e. The van der Waals surface area contributed by atoms with Crippen LogP contribution in [0.3, 0.4) is 0 Å². The highest BCUT2D eigenvalue weighted by Gasteiger charge is 2.30. The van der Waals surface area contributed by atoms with Gasteiger partial charge in [0.2, 0.25) is 5.82 Å². The van der Waals surface area contributed by atoms with E-state index in [2.05, 4.69) is 33.5 Å². The first kappa shape index (κ1) is 19.4. The van der Waals surface area contributed by atoms with Gasteiger partial charge in [0.1, 0.15) is 0 Å². The van der Waals surface area contributed by atoms with Gasteiger partial charge in [0, 0.05) is 53.7 Å². The quantitative estimate of drug-likeness (QED) is 0.507. The third-order valence-electron chi connectivity index (χ3n) is 6.05. The molecule has 3 aromatic heterocycles. The minimum absolute atomic E-state index is 0.0249. The Morgan fingerprint density at radius 1 is 1.23 bits per heavy atom. The fourth-order valence-corrected chi connectivity index (χ4v) is 4.03. The molecule has 158 valence electrons. The molecule has 1 saturated heterocycles. The zero-order valence-corrected chi connectivity index (χ0v) is 17.7. The van der Waals surface area contributed by atoms with Crippen LogP contribution < -0.4 is 0 Å². The van der Waals surface area contributed by atoms with Gasteiger partial charge in [-0.2, -0.15) is 4.98 Å². The Labute approximate surface area is 179 Å². The Hall–Kier alpha value is -3.52. The lowest BCUT2D eigenvalue weighted by molar-refractivity contribution is -0.0367. The second kappa shape index (κ2) is 7.63. The van der Waals surface area contributed by atoms with E-state index < -0.39 is 6.10 Å². The van der Waals surface area contributed by atoms with Crippen LogP contribution in [0.4, 0.5) is 0 Å². The molecule has 1 amide bonds. The molecule has 1 aromatic carbocycles. The first-order valence-electron chi connectivity index (χ1n) is 10.2. The van der Waals surface area contributed by atoms with Gasteiger partial charge in [0.25, 0.3) is 11.8 Å². The third-order valence-corrected chi connectivity index (χ3v) is 6.05. The van der Waals surface area contributed by atoms with Crippen LogP contribution >= 0.6 is 0 Å². The molecule has 0 unspecified atom stereocenters. The van der Waals surface area contributed by atoms with E-state index in [-0.39, 0.29) is 5.91 Å². The van der Waals surface area contributed by atoms with Gasteiger partial charge in [-0.1, -0.05) is 5.16 Å². The number of pyridine rings is 1. The molecule has 8 nitrogen and oxygen atoms in total. The second-order valence-corrected chi connectivity index (χ2v) is 7.81. The van der Waals surface area contributed by atoms with Crippen molar-refractivity contribution in [1.29, 1.82) is 0 Å². The summed E-state index contributed by atoms with van der Waals surface area (Å²) in [6.07, 6.45) is 2.91. The van der Waals surface area contributed by atoms with E-state index in [1.165, 1.54) is 11.3 Å². The number of rotatable bonds is 3. The number of nitrogens with zero attached hydrogens (tertiary/aromatic N) is 5. The van der Waals surface area contributed by atoms with E-state index in [4.69, 9.17) is 9.26 Å². The fourth-order valence-electron chi connectivity index (χ4n) is 4.03. The first-order valence-corrected chi connectivity index (χ1v) is 10.2. The van der Waals surface area contributed by atoms with Crippen molar-refractivity contribution >= 4 is 16.8 Å². The highest BCUT2D eigenvalue weighted by atomic mass is 16.5. The van der Waals surface area contributed by atoms with Crippen LogP contribution in [-0.4, -0.2) is 50.2 Å². The van der Waals surface area contributed by atoms with Crippen LogP contribution in [0, 0.1) is 13.8 Å². The van der Waals surface area contributed by atoms with Crippen molar-refractivity contribution in [3.8, 4) is 11.4 Å². The highest BCUT2D eigenvalue weighted by molar-refractivity contribution is 5.99. The lowest BCUT2D eigenvalue weighted by Gasteiger charge is -2.31. The summed E-state index contributed by atoms with van der Waals surface area (Å²) in [4.78, 5) is 23.6. The van der Waals surface area contributed by atoms with Crippen LogP contribution in [-0.2, 0) is 11.8 Å². The van der Waals surface area contributed by atoms with Crippen molar-refractivity contribution < 1.29 is 14.1 Å². The van der Waals surface area contributed by atoms with E-state index in [1.54, 1.807) is 17.3 Å². The minimum atomic E-state index is -0.458. The molecular formula is C23H23N5O3. The molecule has 1 aliphatic heterocycles. The van der Waals surface area contributed by atoms with Crippen LogP contribution in [0.5, 0.6) is 0 Å². The highest BCUT2D eigenvalue weighted by Crippen LogP contribution is 2.28. The maximum absolute atomic E-state index is 13.2. The Morgan fingerprint density at radius 3 is 2.90 bits per heavy atom. The van der Waals surface area contributed by atoms with Gasteiger partial charge in [0.15, 0.2) is 6.10 Å². The first-order chi connectivity index (χ1) is 15.0. The Morgan fingerprint density at radius 2 is 2.10 bits per heavy atom. The molecule has 1 atom stereocenters. The number of hydrogen-bond donors (Lipinski definition) is 0. The summed E-state index contributed by atoms with van der Waals surface area (Å²) in [5, 5.41) is 5.14. The molecule has 1 fully saturated rings. The number of carbonyl (C=O) groups excluding carboxylic acids is 1. The standard InChI is InChI=1S/C23H23N5O3/c1-14-15(2)27(3)19-7-6-16(11-18(14)19)23(29)28-9-10-30-20(13-28)22-25-21(26-31-22)17-5-4-8-24-12-17/h4-8,11-12,20H,9-10,13H2,1-3H3/t20-/m0/s1. The molecule has 0 radical (unpaired) electrons. The van der Waals surface area contributed by atoms with Gasteiger partial charge in [-0.3, -0.25) is 9.78 Å². The molecule has 0 N–H and O–H groups in total. The van der Waals surface area contributed by atoms with E-state index in [1.807, 2.05) is 37.4 Å². The summed E-state index contributed by atoms with van der Waals surface area (Å²) in [6.45, 7) is 5.47. The van der Waals surface area contributed by atoms with Gasteiger partial charge in [0.05, 0.1) is 13.2 Å². The van der Waals surface area contributed by atoms with Gasteiger partial charge in [-0.15, -0.1) is 0 Å². The molecule has 0 spiro atoms. The summed E-state index contributed by atoms with van der Waals surface area (Å²) in [6, 6.07) is 9.57. The molecule has 1 aliphatic rings. The maximum atomic E-state index is 13.2. The predicted molar refractivity (Wildman–Crippen MR) is 115 cm³/mol. The molecule has 31 heavy (non-hydrogen) atoms. The third kappa shape index (κ3) is 3.38. The van der Waals surface area contributed by atoms with Gasteiger partial charge < -0.3 is 18.7 Å². The Kier molecular flexibility index (Phi) is 4.78. The van der Waals surface area contributed by atoms with E-state index >= 15 is 0 Å². The molecule has 4 aromatic rings. The number of aromatic nitrogens is 4. The van der Waals surface area contributed by atoms with Crippen molar-refractivity contribution in [3.63, 3.8) is 0 Å². The number of fused-ring (bicyclic) bond motifs is 1. The molecule has 4 heterocycles. The van der Waals surface area contributed by atoms with Gasteiger partial charge >= 0.3 is 0 Å². The van der Waals surface area contributed by atoms with Gasteiger partial charge in [-0.05, 0) is 49.7 Å². The SMILES string of the molecule is Cc1c(C)n(C)c2ccc(C(=O)N3CCO[C@H](c4nc(-c5cccnc5)no4)C3)cc12. The summed E-state index contributed by atoms with van der Waals surface area (Å²) in [7, 11) is 2.04. The maximum Gasteiger partial charge on any atom is 0.257 e. The number of morpholine rings is 1. The van der Waals surface area contributed by atoms with Crippen LogP contribution in [0.15, 0.2) is 47.2 Å². The number of ether oxygens (including phenoxy) is 1. The fraction of sp³-hybridized carbons (Fsp3) is 0.304. The number of amides is 1. The van der Waals surface area contributed by atoms with Crippen LogP contribution in [0.1, 0.15) is 33.6 Å². The molecule has 0 bridgehead atoms. The van der Waals surface area contributed by atoms with E-state index in [9.17, 15) is 4.79 Å². The lowest BCUT2D eigenvalue weighted by Crippen LogP contribution is -2.42. The van der Waals surface area contributed by atoms with E-state index in [0.29, 0.717) is 37.0 Å². The van der Waals surface area contributed by atoms with Crippen molar-refractivity contribution in [2.45, 2.75) is 20.0 Å². The predicted octanol–water partition coefficient (Wildman–Crippen LogP) is 3.45. The van der Waals surface area contributed by atoms with Crippen molar-refractivity contribution in [3.05, 3.63) is 65.4 Å². The smallest absolute Gasteiger partial charge is 0.257 e. The topological polar surface area (TPSA) is 86.3 Å². The van der Waals surface area contributed by atoms with Crippen molar-refractivity contribution in [2.24, 2.45) is 7.05 Å². The number of benzene rings is 1. The molecule has 0 saturated carbocycles. The average Bonchev–Trinajstić information content (AvgIpc) is 3.40. The van der Waals surface area contributed by atoms with Crippen molar-refractivity contribution in [1.82, 2.24) is 24.6 Å². The Balaban J connectivity index is 1.37. The van der Waals surface area contributed by atoms with Crippen molar-refractivity contribution in [2.75, 3.05) is 19.7 Å². The number of carbonyl (C=O) groups is 1. The summed E-state index contributed by atoms with van der Waals surface area (Å²) < 4.78 is 13.4. The lowest BCUT2D eigenvalue weighted by atomic mass is 10.1. The Bertz CT molecular complexity index is 1260. The van der Waals surface area contributed by atoms with Crippen LogP contribution in [0.2, 0.25) is 0 Å². The summed E-state index contributed by atoms with van der Waals surface area (Å²) in [5.41, 5.74) is 4.96. The average molecular weight is 417 g/mol. The van der Waals surface area contributed by atoms with Gasteiger partial charge in [-0.25, -0.2) is 0 Å². The molecular weight excluding hydrogens is 394 g/mol. The minimum Gasteiger partial charge on any atom is -0.365 e.